The van der Waals surface area contributed by atoms with Crippen LogP contribution in [0.5, 0.6) is 11.5 Å². The van der Waals surface area contributed by atoms with Gasteiger partial charge >= 0.3 is 0 Å². The molecule has 0 aromatic heterocycles. The van der Waals surface area contributed by atoms with E-state index in [0.29, 0.717) is 29.6 Å². The van der Waals surface area contributed by atoms with E-state index in [1.807, 2.05) is 60.7 Å². The number of anilines is 2. The van der Waals surface area contributed by atoms with Gasteiger partial charge in [-0.25, -0.2) is 0 Å². The molecule has 3 aromatic rings. The lowest BCUT2D eigenvalue weighted by Gasteiger charge is -2.13. The van der Waals surface area contributed by atoms with Crippen molar-refractivity contribution >= 4 is 23.4 Å². The number of carbonyl (C=O) groups excluding carboxylic acids is 1. The van der Waals surface area contributed by atoms with Crippen LogP contribution in [0, 0.1) is 0 Å². The van der Waals surface area contributed by atoms with Gasteiger partial charge < -0.3 is 26.3 Å². The Balaban J connectivity index is 0.000000202. The Hall–Kier alpha value is -3.77. The first-order chi connectivity index (χ1) is 16.6. The molecule has 1 amide bonds. The molecule has 1 saturated carbocycles. The Bertz CT molecular complexity index is 1070. The van der Waals surface area contributed by atoms with E-state index in [2.05, 4.69) is 5.32 Å². The molecule has 0 spiro atoms. The summed E-state index contributed by atoms with van der Waals surface area (Å²) in [6.07, 6.45) is 9.18. The average molecular weight is 460 g/mol. The lowest BCUT2D eigenvalue weighted by atomic mass is 10.1. The van der Waals surface area contributed by atoms with Gasteiger partial charge in [0.2, 0.25) is 0 Å². The number of nitrogen functional groups attached to an aromatic ring is 1. The zero-order valence-electron chi connectivity index (χ0n) is 19.6. The van der Waals surface area contributed by atoms with Gasteiger partial charge in [0.25, 0.3) is 5.91 Å². The number of hydrogen-bond acceptors (Lipinski definition) is 5. The van der Waals surface area contributed by atoms with Crippen LogP contribution in [0.3, 0.4) is 0 Å². The molecular formula is C28H33N3O3. The first-order valence-corrected chi connectivity index (χ1v) is 11.5. The maximum atomic E-state index is 12.1. The minimum absolute atomic E-state index is 0.183. The second kappa shape index (κ2) is 13.1. The summed E-state index contributed by atoms with van der Waals surface area (Å²) < 4.78 is 11.0. The molecule has 5 N–H and O–H groups in total. The number of rotatable bonds is 7. The highest BCUT2D eigenvalue weighted by atomic mass is 16.5. The van der Waals surface area contributed by atoms with Gasteiger partial charge in [-0.1, -0.05) is 42.5 Å². The zero-order chi connectivity index (χ0) is 24.2. The molecule has 1 aliphatic rings. The Morgan fingerprint density at radius 2 is 1.71 bits per heavy atom. The largest absolute Gasteiger partial charge is 0.497 e. The Morgan fingerprint density at radius 3 is 2.38 bits per heavy atom. The highest BCUT2D eigenvalue weighted by Crippen LogP contribution is 2.26. The van der Waals surface area contributed by atoms with Gasteiger partial charge in [-0.05, 0) is 67.6 Å². The molecule has 0 aliphatic heterocycles. The maximum absolute atomic E-state index is 12.1. The summed E-state index contributed by atoms with van der Waals surface area (Å²) in [6.45, 7) is 0.496. The number of ether oxygens (including phenoxy) is 2. The molecule has 0 bridgehead atoms. The van der Waals surface area contributed by atoms with E-state index < -0.39 is 0 Å². The van der Waals surface area contributed by atoms with Gasteiger partial charge in [0.05, 0.1) is 24.6 Å². The minimum atomic E-state index is -0.183. The van der Waals surface area contributed by atoms with Gasteiger partial charge in [0.15, 0.2) is 0 Å². The molecule has 4 rings (SSSR count). The van der Waals surface area contributed by atoms with Crippen molar-refractivity contribution in [3.8, 4) is 11.5 Å². The Morgan fingerprint density at radius 1 is 1.00 bits per heavy atom. The number of nitrogens with two attached hydrogens (primary N) is 2. The maximum Gasteiger partial charge on any atom is 0.255 e. The lowest BCUT2D eigenvalue weighted by molar-refractivity contribution is 0.102. The topological polar surface area (TPSA) is 99.6 Å². The van der Waals surface area contributed by atoms with Crippen molar-refractivity contribution in [2.24, 2.45) is 5.73 Å². The molecule has 0 saturated heterocycles. The molecule has 0 heterocycles. The van der Waals surface area contributed by atoms with Crippen LogP contribution < -0.4 is 26.3 Å². The molecule has 0 atom stereocenters. The number of methoxy groups -OCH3 is 1. The summed E-state index contributed by atoms with van der Waals surface area (Å²) in [4.78, 5) is 12.1. The molecule has 3 aromatic carbocycles. The average Bonchev–Trinajstić information content (AvgIpc) is 3.38. The second-order valence-electron chi connectivity index (χ2n) is 8.00. The van der Waals surface area contributed by atoms with Crippen LogP contribution in [0.1, 0.15) is 41.6 Å². The normalized spacial score (nSPS) is 13.2. The molecule has 0 radical (unpaired) electrons. The van der Waals surface area contributed by atoms with Crippen molar-refractivity contribution in [2.75, 3.05) is 24.7 Å². The summed E-state index contributed by atoms with van der Waals surface area (Å²) in [5.41, 5.74) is 13.9. The first kappa shape index (κ1) is 24.9. The third-order valence-corrected chi connectivity index (χ3v) is 5.47. The molecule has 1 fully saturated rings. The molecule has 0 unspecified atom stereocenters. The van der Waals surface area contributed by atoms with Crippen molar-refractivity contribution in [3.63, 3.8) is 0 Å². The van der Waals surface area contributed by atoms with Gasteiger partial charge in [-0.15, -0.1) is 0 Å². The SMILES string of the molecule is COc1cccc(OC2CCCC2)c1.NCC=Cc1ccc(C(=O)Nc2ccccc2N)cc1. The quantitative estimate of drug-likeness (QED) is 0.405. The molecule has 178 valence electrons. The smallest absolute Gasteiger partial charge is 0.255 e. The van der Waals surface area contributed by atoms with Crippen molar-refractivity contribution < 1.29 is 14.3 Å². The van der Waals surface area contributed by atoms with Crippen LogP contribution in [-0.4, -0.2) is 25.7 Å². The predicted octanol–water partition coefficient (Wildman–Crippen LogP) is 5.51. The minimum Gasteiger partial charge on any atom is -0.497 e. The summed E-state index contributed by atoms with van der Waals surface area (Å²) in [5, 5.41) is 2.79. The van der Waals surface area contributed by atoms with Crippen molar-refractivity contribution in [1.29, 1.82) is 0 Å². The zero-order valence-corrected chi connectivity index (χ0v) is 19.6. The summed E-state index contributed by atoms with van der Waals surface area (Å²) >= 11 is 0. The Kier molecular flexibility index (Phi) is 9.55. The fraction of sp³-hybridized carbons (Fsp3) is 0.250. The van der Waals surface area contributed by atoms with E-state index in [0.717, 1.165) is 17.1 Å². The lowest BCUT2D eigenvalue weighted by Crippen LogP contribution is -2.12. The molecule has 6 nitrogen and oxygen atoms in total. The van der Waals surface area contributed by atoms with E-state index in [9.17, 15) is 4.79 Å². The Labute approximate surface area is 201 Å². The van der Waals surface area contributed by atoms with E-state index in [4.69, 9.17) is 20.9 Å². The van der Waals surface area contributed by atoms with Crippen LogP contribution in [0.4, 0.5) is 11.4 Å². The number of carbonyl (C=O) groups is 1. The van der Waals surface area contributed by atoms with Crippen LogP contribution >= 0.6 is 0 Å². The second-order valence-corrected chi connectivity index (χ2v) is 8.00. The van der Waals surface area contributed by atoms with Crippen LogP contribution in [0.15, 0.2) is 78.9 Å². The molecular weight excluding hydrogens is 426 g/mol. The molecule has 1 aliphatic carbocycles. The first-order valence-electron chi connectivity index (χ1n) is 11.5. The van der Waals surface area contributed by atoms with Crippen LogP contribution in [0.25, 0.3) is 6.08 Å². The van der Waals surface area contributed by atoms with Gasteiger partial charge in [-0.2, -0.15) is 0 Å². The van der Waals surface area contributed by atoms with Gasteiger partial charge in [-0.3, -0.25) is 4.79 Å². The number of amides is 1. The summed E-state index contributed by atoms with van der Waals surface area (Å²) in [6, 6.07) is 22.3. The standard InChI is InChI=1S/C16H17N3O.C12H16O2/c17-11-3-4-12-7-9-13(10-8-12)16(20)19-15-6-2-1-5-14(15)18;1-13-11-7-4-8-12(9-11)14-10-5-2-3-6-10/h1-10H,11,17-18H2,(H,19,20);4,7-10H,2-3,5-6H2,1H3. The number of hydrogen-bond donors (Lipinski definition) is 3. The van der Waals surface area contributed by atoms with Crippen molar-refractivity contribution in [1.82, 2.24) is 0 Å². The monoisotopic (exact) mass is 459 g/mol. The highest BCUT2D eigenvalue weighted by Gasteiger charge is 2.16. The van der Waals surface area contributed by atoms with Crippen molar-refractivity contribution in [2.45, 2.75) is 31.8 Å². The fourth-order valence-corrected chi connectivity index (χ4v) is 3.63. The van der Waals surface area contributed by atoms with Crippen LogP contribution in [-0.2, 0) is 0 Å². The van der Waals surface area contributed by atoms with E-state index in [1.54, 1.807) is 31.4 Å². The highest BCUT2D eigenvalue weighted by molar-refractivity contribution is 6.05. The van der Waals surface area contributed by atoms with Crippen molar-refractivity contribution in [3.05, 3.63) is 90.0 Å². The van der Waals surface area contributed by atoms with E-state index in [-0.39, 0.29) is 5.91 Å². The molecule has 6 heteroatoms. The predicted molar refractivity (Wildman–Crippen MR) is 139 cm³/mol. The van der Waals surface area contributed by atoms with Gasteiger partial charge in [0, 0.05) is 18.2 Å². The number of benzene rings is 3. The van der Waals surface area contributed by atoms with E-state index >= 15 is 0 Å². The van der Waals surface area contributed by atoms with E-state index in [1.165, 1.54) is 25.7 Å². The number of nitrogens with one attached hydrogen (secondary N) is 1. The summed E-state index contributed by atoms with van der Waals surface area (Å²) in [7, 11) is 1.68. The third-order valence-electron chi connectivity index (χ3n) is 5.47. The molecule has 34 heavy (non-hydrogen) atoms. The number of para-hydroxylation sites is 2. The van der Waals surface area contributed by atoms with Crippen LogP contribution in [0.2, 0.25) is 0 Å². The summed E-state index contributed by atoms with van der Waals surface area (Å²) in [5.74, 6) is 1.61. The van der Waals surface area contributed by atoms with Gasteiger partial charge in [0.1, 0.15) is 11.5 Å². The third kappa shape index (κ3) is 7.67. The fourth-order valence-electron chi connectivity index (χ4n) is 3.63.